The molecule has 1 saturated heterocycles. The average molecular weight is 402 g/mol. The van der Waals surface area contributed by atoms with E-state index in [9.17, 15) is 13.6 Å². The van der Waals surface area contributed by atoms with Crippen LogP contribution < -0.4 is 14.8 Å². The highest BCUT2D eigenvalue weighted by Gasteiger charge is 2.46. The molecule has 2 heterocycles. The number of hydrogen-bond donors (Lipinski definition) is 1. The van der Waals surface area contributed by atoms with E-state index >= 15 is 0 Å². The van der Waals surface area contributed by atoms with E-state index < -0.39 is 15.9 Å². The van der Waals surface area contributed by atoms with Crippen molar-refractivity contribution in [1.29, 1.82) is 0 Å². The zero-order valence-corrected chi connectivity index (χ0v) is 16.4. The minimum Gasteiger partial charge on any atom is -0.593 e. The third-order valence-electron chi connectivity index (χ3n) is 5.24. The molecule has 1 amide bonds. The Morgan fingerprint density at radius 1 is 1.25 bits per heavy atom. The van der Waals surface area contributed by atoms with E-state index in [1.54, 1.807) is 36.4 Å². The lowest BCUT2D eigenvalue weighted by Crippen LogP contribution is -2.62. The fourth-order valence-corrected chi connectivity index (χ4v) is 5.37. The van der Waals surface area contributed by atoms with Gasteiger partial charge in [-0.3, -0.25) is 4.79 Å². The SMILES string of the molecule is COc1cccc([S+](=O)([O-])N2CCCC3(COc4ccccc4C(=O)N3)C2)c1. The molecule has 2 aliphatic heterocycles. The zero-order chi connectivity index (χ0) is 19.8. The molecule has 2 aliphatic rings. The molecule has 1 N–H and O–H groups in total. The Balaban J connectivity index is 1.61. The maximum Gasteiger partial charge on any atom is 0.255 e. The second-order valence-electron chi connectivity index (χ2n) is 7.14. The Hall–Kier alpha value is -2.42. The minimum atomic E-state index is -3.72. The van der Waals surface area contributed by atoms with Gasteiger partial charge in [0.05, 0.1) is 24.8 Å². The normalized spacial score (nSPS) is 24.4. The van der Waals surface area contributed by atoms with Crippen LogP contribution in [0, 0.1) is 0 Å². The predicted molar refractivity (Wildman–Crippen MR) is 103 cm³/mol. The van der Waals surface area contributed by atoms with Crippen molar-refractivity contribution in [3.05, 3.63) is 54.1 Å². The standard InChI is InChI=1S/C20H22N2O5S/c1-26-15-6-4-7-16(12-15)28(24,25)22-11-5-10-20(13-22)14-27-18-9-3-2-8-17(18)19(23)21-20/h2-4,6-9,12H,5,10-11,13-14H2,1H3,(H-,21,23,24,25). The van der Waals surface area contributed by atoms with Crippen molar-refractivity contribution in [3.63, 3.8) is 0 Å². The van der Waals surface area contributed by atoms with E-state index in [4.69, 9.17) is 9.47 Å². The Kier molecular flexibility index (Phi) is 4.86. The van der Waals surface area contributed by atoms with Crippen LogP contribution in [0.1, 0.15) is 23.2 Å². The van der Waals surface area contributed by atoms with Crippen molar-refractivity contribution in [2.45, 2.75) is 23.3 Å². The first-order valence-corrected chi connectivity index (χ1v) is 10.6. The van der Waals surface area contributed by atoms with Crippen molar-refractivity contribution >= 4 is 16.3 Å². The monoisotopic (exact) mass is 402 g/mol. The maximum absolute atomic E-state index is 13.2. The summed E-state index contributed by atoms with van der Waals surface area (Å²) in [6.45, 7) is 0.774. The molecule has 0 saturated carbocycles. The van der Waals surface area contributed by atoms with Gasteiger partial charge in [-0.1, -0.05) is 22.4 Å². The summed E-state index contributed by atoms with van der Waals surface area (Å²) in [6.07, 6.45) is 1.28. The number of piperidine rings is 1. The molecule has 1 spiro atoms. The number of carbonyl (C=O) groups excluding carboxylic acids is 1. The molecule has 28 heavy (non-hydrogen) atoms. The number of benzene rings is 2. The minimum absolute atomic E-state index is 0.159. The van der Waals surface area contributed by atoms with E-state index in [0.29, 0.717) is 36.4 Å². The molecular weight excluding hydrogens is 380 g/mol. The van der Waals surface area contributed by atoms with Crippen molar-refractivity contribution in [3.8, 4) is 11.5 Å². The summed E-state index contributed by atoms with van der Waals surface area (Å²) in [4.78, 5) is 12.9. The number of carbonyl (C=O) groups is 1. The Bertz CT molecular complexity index is 950. The first-order chi connectivity index (χ1) is 13.4. The number of hydrogen-bond acceptors (Lipinski definition) is 5. The van der Waals surface area contributed by atoms with Crippen LogP contribution in [0.25, 0.3) is 0 Å². The summed E-state index contributed by atoms with van der Waals surface area (Å²) in [5.74, 6) is 0.757. The van der Waals surface area contributed by atoms with Crippen molar-refractivity contribution < 1.29 is 23.0 Å². The lowest BCUT2D eigenvalue weighted by Gasteiger charge is -2.42. The van der Waals surface area contributed by atoms with Crippen molar-refractivity contribution in [2.24, 2.45) is 0 Å². The zero-order valence-electron chi connectivity index (χ0n) is 15.6. The first-order valence-electron chi connectivity index (χ1n) is 9.12. The molecule has 148 valence electrons. The topological polar surface area (TPSA) is 90.9 Å². The molecular formula is C20H22N2O5S. The lowest BCUT2D eigenvalue weighted by molar-refractivity contribution is 0.0790. The van der Waals surface area contributed by atoms with Crippen LogP contribution in [-0.2, 0) is 14.6 Å². The van der Waals surface area contributed by atoms with E-state index in [2.05, 4.69) is 5.32 Å². The maximum atomic E-state index is 13.2. The van der Waals surface area contributed by atoms with Crippen LogP contribution in [0.15, 0.2) is 53.4 Å². The van der Waals surface area contributed by atoms with Crippen LogP contribution in [0.4, 0.5) is 0 Å². The highest BCUT2D eigenvalue weighted by Crippen LogP contribution is 2.33. The molecule has 7 nitrogen and oxygen atoms in total. The fraction of sp³-hybridized carbons (Fsp3) is 0.350. The summed E-state index contributed by atoms with van der Waals surface area (Å²) < 4.78 is 38.8. The molecule has 4 rings (SSSR count). The molecule has 2 aromatic rings. The summed E-state index contributed by atoms with van der Waals surface area (Å²) >= 11 is 0. The summed E-state index contributed by atoms with van der Waals surface area (Å²) in [5.41, 5.74) is -0.299. The number of nitrogens with one attached hydrogen (secondary N) is 1. The number of fused-ring (bicyclic) bond motifs is 1. The van der Waals surface area contributed by atoms with Gasteiger partial charge in [0.1, 0.15) is 18.1 Å². The van der Waals surface area contributed by atoms with Crippen LogP contribution in [0.5, 0.6) is 11.5 Å². The lowest BCUT2D eigenvalue weighted by atomic mass is 9.91. The van der Waals surface area contributed by atoms with Gasteiger partial charge in [0, 0.05) is 12.6 Å². The third kappa shape index (κ3) is 3.39. The average Bonchev–Trinajstić information content (AvgIpc) is 2.85. The first kappa shape index (κ1) is 18.9. The van der Waals surface area contributed by atoms with Gasteiger partial charge in [-0.05, 0) is 37.1 Å². The predicted octanol–water partition coefficient (Wildman–Crippen LogP) is 2.26. The molecule has 0 aromatic heterocycles. The Labute approximate surface area is 165 Å². The van der Waals surface area contributed by atoms with Crippen LogP contribution >= 0.6 is 0 Å². The van der Waals surface area contributed by atoms with Gasteiger partial charge in [-0.2, -0.15) is 0 Å². The molecule has 2 aromatic carbocycles. The van der Waals surface area contributed by atoms with Gasteiger partial charge >= 0.3 is 0 Å². The molecule has 2 atom stereocenters. The van der Waals surface area contributed by atoms with E-state index in [-0.39, 0.29) is 24.0 Å². The number of amides is 1. The fourth-order valence-electron chi connectivity index (χ4n) is 3.77. The van der Waals surface area contributed by atoms with E-state index in [0.717, 1.165) is 0 Å². The molecule has 0 radical (unpaired) electrons. The van der Waals surface area contributed by atoms with Gasteiger partial charge in [0.2, 0.25) is 0 Å². The summed E-state index contributed by atoms with van der Waals surface area (Å²) in [6, 6.07) is 13.5. The molecule has 0 aliphatic carbocycles. The van der Waals surface area contributed by atoms with Gasteiger partial charge in [0.25, 0.3) is 5.91 Å². The number of ether oxygens (including phenoxy) is 2. The quantitative estimate of drug-likeness (QED) is 0.796. The summed E-state index contributed by atoms with van der Waals surface area (Å²) in [7, 11) is -2.22. The molecule has 0 bridgehead atoms. The second kappa shape index (κ2) is 7.20. The van der Waals surface area contributed by atoms with Crippen LogP contribution in [-0.4, -0.2) is 47.1 Å². The number of nitrogens with zero attached hydrogens (tertiary/aromatic N) is 1. The molecule has 2 unspecified atom stereocenters. The number of sulfonamides is 1. The third-order valence-corrected chi connectivity index (χ3v) is 7.08. The van der Waals surface area contributed by atoms with Gasteiger partial charge < -0.3 is 19.3 Å². The number of methoxy groups -OCH3 is 1. The highest BCUT2D eigenvalue weighted by atomic mass is 32.3. The van der Waals surface area contributed by atoms with E-state index in [1.807, 2.05) is 6.07 Å². The van der Waals surface area contributed by atoms with E-state index in [1.165, 1.54) is 17.5 Å². The largest absolute Gasteiger partial charge is 0.593 e. The highest BCUT2D eigenvalue weighted by molar-refractivity contribution is 7.95. The number of para-hydroxylation sites is 1. The number of rotatable bonds is 3. The van der Waals surface area contributed by atoms with Gasteiger partial charge in [0.15, 0.2) is 15.3 Å². The van der Waals surface area contributed by atoms with Crippen LogP contribution in [0.2, 0.25) is 0 Å². The van der Waals surface area contributed by atoms with Crippen LogP contribution in [0.3, 0.4) is 0 Å². The molecule has 1 fully saturated rings. The Morgan fingerprint density at radius 2 is 2.07 bits per heavy atom. The Morgan fingerprint density at radius 3 is 2.89 bits per heavy atom. The van der Waals surface area contributed by atoms with Crippen molar-refractivity contribution in [2.75, 3.05) is 26.8 Å². The smallest absolute Gasteiger partial charge is 0.255 e. The van der Waals surface area contributed by atoms with Crippen molar-refractivity contribution in [1.82, 2.24) is 9.62 Å². The van der Waals surface area contributed by atoms with Gasteiger partial charge in [-0.25, -0.2) is 0 Å². The summed E-state index contributed by atoms with van der Waals surface area (Å²) in [5, 5.41) is 3.03. The second-order valence-corrected chi connectivity index (χ2v) is 9.08. The van der Waals surface area contributed by atoms with Gasteiger partial charge in [-0.15, -0.1) is 4.31 Å². The molecule has 8 heteroatoms.